The van der Waals surface area contributed by atoms with Crippen molar-refractivity contribution in [3.63, 3.8) is 0 Å². The van der Waals surface area contributed by atoms with E-state index in [9.17, 15) is 8.42 Å². The fourth-order valence-electron chi connectivity index (χ4n) is 2.77. The summed E-state index contributed by atoms with van der Waals surface area (Å²) < 4.78 is 27.1. The van der Waals surface area contributed by atoms with Crippen molar-refractivity contribution in [2.24, 2.45) is 0 Å². The monoisotopic (exact) mass is 336 g/mol. The van der Waals surface area contributed by atoms with E-state index in [0.29, 0.717) is 17.3 Å². The first-order chi connectivity index (χ1) is 10.5. The van der Waals surface area contributed by atoms with E-state index < -0.39 is 10.0 Å². The molecule has 4 nitrogen and oxygen atoms in total. The Morgan fingerprint density at radius 1 is 1.05 bits per heavy atom. The van der Waals surface area contributed by atoms with Gasteiger partial charge in [0, 0.05) is 31.9 Å². The summed E-state index contributed by atoms with van der Waals surface area (Å²) >= 11 is 1.28. The van der Waals surface area contributed by atoms with E-state index in [1.54, 1.807) is 21.8 Å². The van der Waals surface area contributed by atoms with Crippen molar-refractivity contribution in [2.75, 3.05) is 31.1 Å². The highest BCUT2D eigenvalue weighted by Crippen LogP contribution is 2.26. The molecule has 0 amide bonds. The van der Waals surface area contributed by atoms with Crippen molar-refractivity contribution < 1.29 is 8.42 Å². The molecule has 6 heteroatoms. The second-order valence-electron chi connectivity index (χ2n) is 5.61. The van der Waals surface area contributed by atoms with Gasteiger partial charge in [-0.05, 0) is 42.5 Å². The Bertz CT molecular complexity index is 746. The fraction of sp³-hybridized carbons (Fsp3) is 0.375. The van der Waals surface area contributed by atoms with Crippen LogP contribution in [0.15, 0.2) is 39.9 Å². The summed E-state index contributed by atoms with van der Waals surface area (Å²) in [6.45, 7) is 6.72. The van der Waals surface area contributed by atoms with Gasteiger partial charge in [-0.25, -0.2) is 8.42 Å². The third kappa shape index (κ3) is 2.91. The van der Waals surface area contributed by atoms with Gasteiger partial charge in [0.05, 0.1) is 0 Å². The summed E-state index contributed by atoms with van der Waals surface area (Å²) in [5.41, 5.74) is 3.68. The molecule has 2 aromatic rings. The first kappa shape index (κ1) is 15.5. The minimum absolute atomic E-state index is 0.438. The lowest BCUT2D eigenvalue weighted by Crippen LogP contribution is -2.48. The molecule has 1 fully saturated rings. The van der Waals surface area contributed by atoms with Crippen molar-refractivity contribution in [1.29, 1.82) is 0 Å². The predicted molar refractivity (Wildman–Crippen MR) is 91.2 cm³/mol. The Kier molecular flexibility index (Phi) is 4.25. The molecule has 2 heterocycles. The van der Waals surface area contributed by atoms with Crippen molar-refractivity contribution >= 4 is 27.0 Å². The van der Waals surface area contributed by atoms with Crippen LogP contribution in [0.5, 0.6) is 0 Å². The van der Waals surface area contributed by atoms with Crippen LogP contribution in [-0.4, -0.2) is 38.9 Å². The number of thiophene rings is 1. The molecule has 1 aromatic heterocycles. The molecule has 0 saturated carbocycles. The van der Waals surface area contributed by atoms with Gasteiger partial charge >= 0.3 is 0 Å². The quantitative estimate of drug-likeness (QED) is 0.865. The second-order valence-corrected chi connectivity index (χ2v) is 8.73. The van der Waals surface area contributed by atoms with E-state index in [4.69, 9.17) is 0 Å². The Hall–Kier alpha value is -1.37. The zero-order valence-corrected chi connectivity index (χ0v) is 14.5. The van der Waals surface area contributed by atoms with Gasteiger partial charge in [-0.3, -0.25) is 0 Å². The highest BCUT2D eigenvalue weighted by atomic mass is 32.2. The third-order valence-corrected chi connectivity index (χ3v) is 7.30. The van der Waals surface area contributed by atoms with Crippen LogP contribution in [0.4, 0.5) is 5.69 Å². The lowest BCUT2D eigenvalue weighted by atomic mass is 10.1. The standard InChI is InChI=1S/C16H20N2O2S2/c1-13-5-6-14(2)15(12-13)17-7-9-18(10-8-17)22(19,20)16-4-3-11-21-16/h3-6,11-12H,7-10H2,1-2H3. The van der Waals surface area contributed by atoms with Crippen LogP contribution in [0.3, 0.4) is 0 Å². The van der Waals surface area contributed by atoms with E-state index in [0.717, 1.165) is 13.1 Å². The number of sulfonamides is 1. The van der Waals surface area contributed by atoms with Crippen molar-refractivity contribution in [1.82, 2.24) is 4.31 Å². The van der Waals surface area contributed by atoms with Crippen LogP contribution in [0, 0.1) is 13.8 Å². The number of piperazine rings is 1. The molecule has 1 saturated heterocycles. The molecule has 0 aliphatic carbocycles. The van der Waals surface area contributed by atoms with Gasteiger partial charge in [0.2, 0.25) is 0 Å². The highest BCUT2D eigenvalue weighted by molar-refractivity contribution is 7.91. The highest BCUT2D eigenvalue weighted by Gasteiger charge is 2.29. The molecule has 0 spiro atoms. The third-order valence-electron chi connectivity index (χ3n) is 4.03. The molecule has 22 heavy (non-hydrogen) atoms. The van der Waals surface area contributed by atoms with Crippen LogP contribution < -0.4 is 4.90 Å². The lowest BCUT2D eigenvalue weighted by Gasteiger charge is -2.36. The number of hydrogen-bond donors (Lipinski definition) is 0. The number of anilines is 1. The molecule has 118 valence electrons. The topological polar surface area (TPSA) is 40.6 Å². The molecule has 1 aliphatic rings. The normalized spacial score (nSPS) is 16.9. The van der Waals surface area contributed by atoms with Gasteiger partial charge < -0.3 is 4.90 Å². The van der Waals surface area contributed by atoms with Gasteiger partial charge in [-0.15, -0.1) is 11.3 Å². The van der Waals surface area contributed by atoms with Gasteiger partial charge in [0.1, 0.15) is 4.21 Å². The smallest absolute Gasteiger partial charge is 0.252 e. The summed E-state index contributed by atoms with van der Waals surface area (Å²) in [5, 5.41) is 1.80. The van der Waals surface area contributed by atoms with Crippen LogP contribution >= 0.6 is 11.3 Å². The first-order valence-corrected chi connectivity index (χ1v) is 9.66. The summed E-state index contributed by atoms with van der Waals surface area (Å²) in [6, 6.07) is 9.87. The average molecular weight is 336 g/mol. The molecule has 1 aromatic carbocycles. The maximum atomic E-state index is 12.5. The van der Waals surface area contributed by atoms with Crippen molar-refractivity contribution in [3.05, 3.63) is 46.8 Å². The number of hydrogen-bond acceptors (Lipinski definition) is 4. The van der Waals surface area contributed by atoms with Crippen molar-refractivity contribution in [3.8, 4) is 0 Å². The van der Waals surface area contributed by atoms with Crippen LogP contribution in [0.25, 0.3) is 0 Å². The number of aryl methyl sites for hydroxylation is 2. The summed E-state index contributed by atoms with van der Waals surface area (Å²) in [7, 11) is -3.32. The van der Waals surface area contributed by atoms with Gasteiger partial charge in [-0.2, -0.15) is 4.31 Å². The molecule has 0 atom stereocenters. The number of benzene rings is 1. The minimum Gasteiger partial charge on any atom is -0.369 e. The second kappa shape index (κ2) is 6.02. The van der Waals surface area contributed by atoms with Gasteiger partial charge in [-0.1, -0.05) is 18.2 Å². The van der Waals surface area contributed by atoms with E-state index in [1.807, 2.05) is 0 Å². The largest absolute Gasteiger partial charge is 0.369 e. The van der Waals surface area contributed by atoms with E-state index in [2.05, 4.69) is 36.9 Å². The molecular formula is C16H20N2O2S2. The van der Waals surface area contributed by atoms with Crippen LogP contribution in [0.1, 0.15) is 11.1 Å². The maximum absolute atomic E-state index is 12.5. The molecule has 0 N–H and O–H groups in total. The molecule has 1 aliphatic heterocycles. The summed E-state index contributed by atoms with van der Waals surface area (Å²) in [6.07, 6.45) is 0. The molecule has 3 rings (SSSR count). The Balaban J connectivity index is 1.74. The van der Waals surface area contributed by atoms with Crippen LogP contribution in [0.2, 0.25) is 0 Å². The van der Waals surface area contributed by atoms with Crippen molar-refractivity contribution in [2.45, 2.75) is 18.1 Å². The zero-order chi connectivity index (χ0) is 15.7. The van der Waals surface area contributed by atoms with E-state index in [1.165, 1.54) is 28.2 Å². The minimum atomic E-state index is -3.32. The fourth-order valence-corrected chi connectivity index (χ4v) is 5.33. The van der Waals surface area contributed by atoms with E-state index >= 15 is 0 Å². The maximum Gasteiger partial charge on any atom is 0.252 e. The van der Waals surface area contributed by atoms with Gasteiger partial charge in [0.15, 0.2) is 0 Å². The first-order valence-electron chi connectivity index (χ1n) is 7.34. The lowest BCUT2D eigenvalue weighted by molar-refractivity contribution is 0.385. The zero-order valence-electron chi connectivity index (χ0n) is 12.8. The Morgan fingerprint density at radius 3 is 2.41 bits per heavy atom. The Morgan fingerprint density at radius 2 is 1.77 bits per heavy atom. The molecule has 0 radical (unpaired) electrons. The van der Waals surface area contributed by atoms with Crippen LogP contribution in [-0.2, 0) is 10.0 Å². The predicted octanol–water partition coefficient (Wildman–Crippen LogP) is 2.88. The summed E-state index contributed by atoms with van der Waals surface area (Å²) in [4.78, 5) is 2.28. The molecule has 0 bridgehead atoms. The summed E-state index contributed by atoms with van der Waals surface area (Å²) in [5.74, 6) is 0. The van der Waals surface area contributed by atoms with E-state index in [-0.39, 0.29) is 0 Å². The SMILES string of the molecule is Cc1ccc(C)c(N2CCN(S(=O)(=O)c3cccs3)CC2)c1. The number of nitrogens with zero attached hydrogens (tertiary/aromatic N) is 2. The van der Waals surface area contributed by atoms with Gasteiger partial charge in [0.25, 0.3) is 10.0 Å². The Labute approximate surface area is 136 Å². The number of rotatable bonds is 3. The average Bonchev–Trinajstić information content (AvgIpc) is 3.05. The molecular weight excluding hydrogens is 316 g/mol. The molecule has 0 unspecified atom stereocenters.